The first-order valence-corrected chi connectivity index (χ1v) is 8.44. The maximum absolute atomic E-state index is 13.7. The van der Waals surface area contributed by atoms with Gasteiger partial charge in [-0.15, -0.1) is 0 Å². The molecule has 2 aromatic carbocycles. The van der Waals surface area contributed by atoms with Gasteiger partial charge in [-0.1, -0.05) is 24.3 Å². The van der Waals surface area contributed by atoms with Crippen molar-refractivity contribution in [1.82, 2.24) is 0 Å². The number of aryl methyl sites for hydroxylation is 1. The van der Waals surface area contributed by atoms with E-state index >= 15 is 0 Å². The largest absolute Gasteiger partial charge is 0.372 e. The van der Waals surface area contributed by atoms with Crippen molar-refractivity contribution in [2.24, 2.45) is 5.92 Å². The number of anilines is 1. The zero-order chi connectivity index (χ0) is 17.7. The van der Waals surface area contributed by atoms with E-state index in [2.05, 4.69) is 17.5 Å². The predicted molar refractivity (Wildman–Crippen MR) is 95.3 cm³/mol. The minimum absolute atomic E-state index is 0.0956. The van der Waals surface area contributed by atoms with Crippen molar-refractivity contribution in [1.29, 1.82) is 0 Å². The molecule has 4 nitrogen and oxygen atoms in total. The summed E-state index contributed by atoms with van der Waals surface area (Å²) >= 11 is 0. The van der Waals surface area contributed by atoms with Crippen LogP contribution in [0.25, 0.3) is 0 Å². The molecular formula is C20H19FN2O2. The second-order valence-corrected chi connectivity index (χ2v) is 6.91. The van der Waals surface area contributed by atoms with Crippen molar-refractivity contribution in [3.8, 4) is 0 Å². The number of hydrogen-bond donors (Lipinski definition) is 1. The van der Waals surface area contributed by atoms with Crippen LogP contribution in [0, 0.1) is 35.7 Å². The monoisotopic (exact) mass is 338 g/mol. The Hall–Kier alpha value is -2.69. The molecule has 1 aliphatic carbocycles. The molecule has 0 unspecified atom stereocenters. The molecule has 4 rings (SSSR count). The zero-order valence-electron chi connectivity index (χ0n) is 14.1. The molecular weight excluding hydrogens is 319 g/mol. The van der Waals surface area contributed by atoms with Crippen molar-refractivity contribution in [3.05, 3.63) is 80.7 Å². The first-order valence-electron chi connectivity index (χ1n) is 8.44. The van der Waals surface area contributed by atoms with Crippen LogP contribution in [0.4, 0.5) is 15.8 Å². The Bertz CT molecular complexity index is 907. The molecule has 3 atom stereocenters. The van der Waals surface area contributed by atoms with E-state index in [1.807, 2.05) is 19.9 Å². The van der Waals surface area contributed by atoms with Crippen LogP contribution in [0.2, 0.25) is 0 Å². The Labute approximate surface area is 145 Å². The van der Waals surface area contributed by atoms with E-state index in [4.69, 9.17) is 0 Å². The third kappa shape index (κ3) is 2.42. The maximum Gasteiger partial charge on any atom is 0.292 e. The SMILES string of the molecule is Cc1cc([N+](=O)[O-])c2c(c1C)[C@@H]1C=CC[C@H]1[C@H](c1cccc(F)c1)N2. The Kier molecular flexibility index (Phi) is 3.60. The van der Waals surface area contributed by atoms with Crippen LogP contribution < -0.4 is 5.32 Å². The number of nitro benzene ring substituents is 1. The van der Waals surface area contributed by atoms with Crippen molar-refractivity contribution >= 4 is 11.4 Å². The van der Waals surface area contributed by atoms with Crippen LogP contribution in [-0.4, -0.2) is 4.92 Å². The third-order valence-electron chi connectivity index (χ3n) is 5.55. The Morgan fingerprint density at radius 3 is 2.80 bits per heavy atom. The molecule has 0 amide bonds. The van der Waals surface area contributed by atoms with Gasteiger partial charge >= 0.3 is 0 Å². The number of nitro groups is 1. The maximum atomic E-state index is 13.7. The van der Waals surface area contributed by atoms with Gasteiger partial charge in [0, 0.05) is 12.0 Å². The highest BCUT2D eigenvalue weighted by Crippen LogP contribution is 2.53. The Morgan fingerprint density at radius 2 is 2.08 bits per heavy atom. The fourth-order valence-corrected chi connectivity index (χ4v) is 4.25. The van der Waals surface area contributed by atoms with E-state index < -0.39 is 0 Å². The number of hydrogen-bond acceptors (Lipinski definition) is 3. The summed E-state index contributed by atoms with van der Waals surface area (Å²) in [5.74, 6) is 0.0553. The topological polar surface area (TPSA) is 55.2 Å². The zero-order valence-corrected chi connectivity index (χ0v) is 14.1. The Morgan fingerprint density at radius 1 is 1.28 bits per heavy atom. The minimum Gasteiger partial charge on any atom is -0.372 e. The molecule has 0 bridgehead atoms. The third-order valence-corrected chi connectivity index (χ3v) is 5.55. The molecule has 128 valence electrons. The van der Waals surface area contributed by atoms with Gasteiger partial charge < -0.3 is 5.32 Å². The second kappa shape index (κ2) is 5.69. The summed E-state index contributed by atoms with van der Waals surface area (Å²) in [4.78, 5) is 11.3. The van der Waals surface area contributed by atoms with E-state index in [0.717, 1.165) is 28.7 Å². The summed E-state index contributed by atoms with van der Waals surface area (Å²) < 4.78 is 13.7. The molecule has 0 saturated carbocycles. The normalized spacial score (nSPS) is 23.7. The van der Waals surface area contributed by atoms with Gasteiger partial charge in [0.2, 0.25) is 0 Å². The molecule has 2 aliphatic rings. The van der Waals surface area contributed by atoms with Crippen molar-refractivity contribution in [2.75, 3.05) is 5.32 Å². The van der Waals surface area contributed by atoms with Crippen molar-refractivity contribution < 1.29 is 9.31 Å². The van der Waals surface area contributed by atoms with Crippen LogP contribution in [0.5, 0.6) is 0 Å². The van der Waals surface area contributed by atoms with Crippen LogP contribution in [0.1, 0.15) is 40.6 Å². The van der Waals surface area contributed by atoms with Crippen LogP contribution >= 0.6 is 0 Å². The van der Waals surface area contributed by atoms with Crippen LogP contribution in [0.15, 0.2) is 42.5 Å². The van der Waals surface area contributed by atoms with Gasteiger partial charge in [0.1, 0.15) is 11.5 Å². The number of nitrogens with one attached hydrogen (secondary N) is 1. The quantitative estimate of drug-likeness (QED) is 0.466. The van der Waals surface area contributed by atoms with Gasteiger partial charge in [-0.05, 0) is 60.6 Å². The van der Waals surface area contributed by atoms with E-state index in [9.17, 15) is 14.5 Å². The number of fused-ring (bicyclic) bond motifs is 3. The smallest absolute Gasteiger partial charge is 0.292 e. The molecule has 0 fully saturated rings. The predicted octanol–water partition coefficient (Wildman–Crippen LogP) is 5.18. The molecule has 1 N–H and O–H groups in total. The van der Waals surface area contributed by atoms with Crippen LogP contribution in [0.3, 0.4) is 0 Å². The van der Waals surface area contributed by atoms with Crippen molar-refractivity contribution in [2.45, 2.75) is 32.2 Å². The summed E-state index contributed by atoms with van der Waals surface area (Å²) in [6.45, 7) is 3.93. The fraction of sp³-hybridized carbons (Fsp3) is 0.300. The molecule has 0 aromatic heterocycles. The van der Waals surface area contributed by atoms with E-state index in [0.29, 0.717) is 5.69 Å². The van der Waals surface area contributed by atoms with Gasteiger partial charge in [0.05, 0.1) is 11.0 Å². The molecule has 1 heterocycles. The summed E-state index contributed by atoms with van der Waals surface area (Å²) in [5.41, 5.74) is 4.53. The Balaban J connectivity index is 1.92. The molecule has 0 saturated heterocycles. The fourth-order valence-electron chi connectivity index (χ4n) is 4.25. The van der Waals surface area contributed by atoms with Gasteiger partial charge in [-0.25, -0.2) is 4.39 Å². The number of benzene rings is 2. The van der Waals surface area contributed by atoms with Gasteiger partial charge in [0.15, 0.2) is 0 Å². The minimum atomic E-state index is -0.333. The molecule has 25 heavy (non-hydrogen) atoms. The lowest BCUT2D eigenvalue weighted by Crippen LogP contribution is -2.30. The average Bonchev–Trinajstić information content (AvgIpc) is 3.06. The summed E-state index contributed by atoms with van der Waals surface area (Å²) in [6.07, 6.45) is 5.15. The molecule has 2 aromatic rings. The number of allylic oxidation sites excluding steroid dienone is 2. The van der Waals surface area contributed by atoms with Crippen molar-refractivity contribution in [3.63, 3.8) is 0 Å². The van der Waals surface area contributed by atoms with E-state index in [1.165, 1.54) is 12.1 Å². The standard InChI is InChI=1S/C20H19FN2O2/c1-11-9-17(23(24)25)20-18(12(11)2)15-7-4-8-16(15)19(22-20)13-5-3-6-14(21)10-13/h3-7,9-10,15-16,19,22H,8H2,1-2H3/t15-,16-,19+/m1/s1. The molecule has 0 radical (unpaired) electrons. The molecule has 1 aliphatic heterocycles. The van der Waals surface area contributed by atoms with Gasteiger partial charge in [-0.2, -0.15) is 0 Å². The van der Waals surface area contributed by atoms with Crippen LogP contribution in [-0.2, 0) is 0 Å². The van der Waals surface area contributed by atoms with Gasteiger partial charge in [0.25, 0.3) is 5.69 Å². The number of halogens is 1. The number of nitrogens with zero attached hydrogens (tertiary/aromatic N) is 1. The lowest BCUT2D eigenvalue weighted by Gasteiger charge is -2.38. The summed E-state index contributed by atoms with van der Waals surface area (Å²) in [7, 11) is 0. The average molecular weight is 338 g/mol. The molecule has 0 spiro atoms. The first kappa shape index (κ1) is 15.8. The highest BCUT2D eigenvalue weighted by Gasteiger charge is 2.41. The first-order chi connectivity index (χ1) is 12.0. The molecule has 5 heteroatoms. The summed E-state index contributed by atoms with van der Waals surface area (Å²) in [6, 6.07) is 7.99. The lowest BCUT2D eigenvalue weighted by molar-refractivity contribution is -0.384. The van der Waals surface area contributed by atoms with E-state index in [1.54, 1.807) is 12.1 Å². The number of rotatable bonds is 2. The highest BCUT2D eigenvalue weighted by atomic mass is 19.1. The lowest BCUT2D eigenvalue weighted by atomic mass is 9.74. The summed E-state index contributed by atoms with van der Waals surface area (Å²) in [5, 5.41) is 15.0. The van der Waals surface area contributed by atoms with E-state index in [-0.39, 0.29) is 34.3 Å². The highest BCUT2D eigenvalue weighted by molar-refractivity contribution is 5.74. The van der Waals surface area contributed by atoms with Gasteiger partial charge in [-0.3, -0.25) is 10.1 Å². The second-order valence-electron chi connectivity index (χ2n) is 6.91.